The summed E-state index contributed by atoms with van der Waals surface area (Å²) in [5.74, 6) is 1.51. The fourth-order valence-corrected chi connectivity index (χ4v) is 5.28. The van der Waals surface area contributed by atoms with Gasteiger partial charge in [0.25, 0.3) is 5.91 Å². The molecule has 4 rings (SSSR count). The predicted octanol–water partition coefficient (Wildman–Crippen LogP) is 3.96. The summed E-state index contributed by atoms with van der Waals surface area (Å²) in [6.07, 6.45) is 2.94. The molecule has 2 heterocycles. The highest BCUT2D eigenvalue weighted by molar-refractivity contribution is 6.07. The maximum atomic E-state index is 13.5. The molecule has 0 saturated carbocycles. The summed E-state index contributed by atoms with van der Waals surface area (Å²) >= 11 is 0. The number of imide groups is 1. The summed E-state index contributed by atoms with van der Waals surface area (Å²) in [4.78, 5) is 32.4. The molecule has 2 fully saturated rings. The Labute approximate surface area is 202 Å². The molecule has 2 aliphatic rings. The molecule has 2 aromatic rings. The first-order valence-corrected chi connectivity index (χ1v) is 12.1. The normalized spacial score (nSPS) is 18.1. The molecular formula is C27H35N3O4. The van der Waals surface area contributed by atoms with Crippen molar-refractivity contribution in [3.8, 4) is 11.5 Å². The number of likely N-dealkylation sites (tertiary alicyclic amines) is 1. The summed E-state index contributed by atoms with van der Waals surface area (Å²) in [5.41, 5.74) is 1.63. The van der Waals surface area contributed by atoms with Crippen LogP contribution in [0.1, 0.15) is 37.3 Å². The van der Waals surface area contributed by atoms with Gasteiger partial charge in [-0.2, -0.15) is 0 Å². The summed E-state index contributed by atoms with van der Waals surface area (Å²) in [6, 6.07) is 16.0. The zero-order chi connectivity index (χ0) is 24.1. The van der Waals surface area contributed by atoms with Gasteiger partial charge in [0.2, 0.25) is 0 Å². The van der Waals surface area contributed by atoms with Crippen molar-refractivity contribution in [2.75, 3.05) is 40.4 Å². The zero-order valence-electron chi connectivity index (χ0n) is 20.5. The maximum absolute atomic E-state index is 13.5. The Morgan fingerprint density at radius 2 is 1.56 bits per heavy atom. The molecule has 0 N–H and O–H groups in total. The van der Waals surface area contributed by atoms with Crippen molar-refractivity contribution < 1.29 is 19.1 Å². The van der Waals surface area contributed by atoms with E-state index in [1.165, 1.54) is 10.5 Å². The molecule has 0 bridgehead atoms. The molecule has 0 aliphatic carbocycles. The molecule has 2 aliphatic heterocycles. The number of ether oxygens (including phenoxy) is 2. The molecule has 0 radical (unpaired) electrons. The maximum Gasteiger partial charge on any atom is 0.327 e. The van der Waals surface area contributed by atoms with E-state index in [0.29, 0.717) is 25.9 Å². The van der Waals surface area contributed by atoms with Crippen molar-refractivity contribution in [1.29, 1.82) is 0 Å². The Morgan fingerprint density at radius 1 is 0.912 bits per heavy atom. The summed E-state index contributed by atoms with van der Waals surface area (Å²) < 4.78 is 10.8. The predicted molar refractivity (Wildman–Crippen MR) is 131 cm³/mol. The standard InChI is InChI=1S/C27H35N3O4/c1-4-30-26(32)29(14-8-11-21-9-6-5-7-10-21)25(31)27(30)12-15-28(16-13-27)20-22-17-23(33-2)19-24(18-22)34-3/h5-7,9-10,17-19H,4,8,11-16,20H2,1-3H3. The minimum Gasteiger partial charge on any atom is -0.497 e. The van der Waals surface area contributed by atoms with Gasteiger partial charge in [-0.15, -0.1) is 0 Å². The van der Waals surface area contributed by atoms with Crippen molar-refractivity contribution >= 4 is 11.9 Å². The quantitative estimate of drug-likeness (QED) is 0.525. The van der Waals surface area contributed by atoms with Crippen molar-refractivity contribution in [3.05, 3.63) is 59.7 Å². The van der Waals surface area contributed by atoms with Crippen LogP contribution in [0, 0.1) is 0 Å². The lowest BCUT2D eigenvalue weighted by Crippen LogP contribution is -2.56. The SMILES string of the molecule is CCN1C(=O)N(CCCc2ccccc2)C(=O)C12CCN(Cc1cc(OC)cc(OC)c1)CC2. The molecule has 1 spiro atoms. The number of urea groups is 1. The van der Waals surface area contributed by atoms with Crippen LogP contribution in [0.5, 0.6) is 11.5 Å². The number of benzene rings is 2. The highest BCUT2D eigenvalue weighted by Gasteiger charge is 2.57. The largest absolute Gasteiger partial charge is 0.497 e. The molecule has 0 aromatic heterocycles. The number of likely N-dealkylation sites (N-methyl/N-ethyl adjacent to an activating group) is 1. The van der Waals surface area contributed by atoms with Gasteiger partial charge in [-0.25, -0.2) is 4.79 Å². The monoisotopic (exact) mass is 465 g/mol. The third-order valence-electron chi connectivity index (χ3n) is 7.13. The topological polar surface area (TPSA) is 62.3 Å². The van der Waals surface area contributed by atoms with Crippen LogP contribution in [-0.4, -0.2) is 72.6 Å². The molecule has 2 saturated heterocycles. The Hall–Kier alpha value is -3.06. The van der Waals surface area contributed by atoms with Crippen molar-refractivity contribution in [1.82, 2.24) is 14.7 Å². The van der Waals surface area contributed by atoms with E-state index < -0.39 is 5.54 Å². The Bertz CT molecular complexity index is 980. The second-order valence-electron chi connectivity index (χ2n) is 9.10. The number of aryl methyl sites for hydroxylation is 1. The lowest BCUT2D eigenvalue weighted by Gasteiger charge is -2.42. The van der Waals surface area contributed by atoms with Crippen LogP contribution >= 0.6 is 0 Å². The summed E-state index contributed by atoms with van der Waals surface area (Å²) in [6.45, 7) is 5.25. The van der Waals surface area contributed by atoms with Crippen LogP contribution < -0.4 is 9.47 Å². The van der Waals surface area contributed by atoms with E-state index in [0.717, 1.165) is 49.5 Å². The van der Waals surface area contributed by atoms with Crippen LogP contribution in [0.15, 0.2) is 48.5 Å². The molecule has 34 heavy (non-hydrogen) atoms. The smallest absolute Gasteiger partial charge is 0.327 e. The van der Waals surface area contributed by atoms with Crippen molar-refractivity contribution in [2.45, 2.75) is 44.7 Å². The number of nitrogens with zero attached hydrogens (tertiary/aromatic N) is 3. The number of methoxy groups -OCH3 is 2. The van der Waals surface area contributed by atoms with E-state index in [1.54, 1.807) is 14.2 Å². The average molecular weight is 466 g/mol. The number of piperidine rings is 1. The van der Waals surface area contributed by atoms with Gasteiger partial charge in [0.05, 0.1) is 14.2 Å². The number of amides is 3. The minimum absolute atomic E-state index is 0.0184. The van der Waals surface area contributed by atoms with Gasteiger partial charge in [0, 0.05) is 38.8 Å². The Kier molecular flexibility index (Phi) is 7.41. The van der Waals surface area contributed by atoms with Gasteiger partial charge >= 0.3 is 6.03 Å². The van der Waals surface area contributed by atoms with Gasteiger partial charge in [0.1, 0.15) is 17.0 Å². The second-order valence-corrected chi connectivity index (χ2v) is 9.10. The molecule has 0 atom stereocenters. The lowest BCUT2D eigenvalue weighted by atomic mass is 9.85. The van der Waals surface area contributed by atoms with Crippen LogP contribution in [0.3, 0.4) is 0 Å². The van der Waals surface area contributed by atoms with Gasteiger partial charge in [0.15, 0.2) is 0 Å². The molecule has 2 aromatic carbocycles. The van der Waals surface area contributed by atoms with Crippen molar-refractivity contribution in [3.63, 3.8) is 0 Å². The fourth-order valence-electron chi connectivity index (χ4n) is 5.28. The lowest BCUT2D eigenvalue weighted by molar-refractivity contribution is -0.135. The second kappa shape index (κ2) is 10.5. The van der Waals surface area contributed by atoms with E-state index >= 15 is 0 Å². The third-order valence-corrected chi connectivity index (χ3v) is 7.13. The summed E-state index contributed by atoms with van der Waals surface area (Å²) in [5, 5.41) is 0. The van der Waals surface area contributed by atoms with Crippen molar-refractivity contribution in [2.24, 2.45) is 0 Å². The molecule has 7 heteroatoms. The van der Waals surface area contributed by atoms with Gasteiger partial charge in [-0.1, -0.05) is 30.3 Å². The summed E-state index contributed by atoms with van der Waals surface area (Å²) in [7, 11) is 3.30. The van der Waals surface area contributed by atoms with Gasteiger partial charge in [-0.3, -0.25) is 14.6 Å². The van der Waals surface area contributed by atoms with Gasteiger partial charge in [-0.05, 0) is 55.9 Å². The van der Waals surface area contributed by atoms with Crippen LogP contribution in [0.4, 0.5) is 4.79 Å². The number of hydrogen-bond acceptors (Lipinski definition) is 5. The number of rotatable bonds is 9. The molecular weight excluding hydrogens is 430 g/mol. The molecule has 0 unspecified atom stereocenters. The van der Waals surface area contributed by atoms with Gasteiger partial charge < -0.3 is 14.4 Å². The number of hydrogen-bond donors (Lipinski definition) is 0. The number of carbonyl (C=O) groups excluding carboxylic acids is 2. The fraction of sp³-hybridized carbons (Fsp3) is 0.481. The molecule has 182 valence electrons. The highest BCUT2D eigenvalue weighted by atomic mass is 16.5. The average Bonchev–Trinajstić information content (AvgIpc) is 3.06. The van der Waals surface area contributed by atoms with E-state index in [-0.39, 0.29) is 11.9 Å². The van der Waals surface area contributed by atoms with E-state index in [1.807, 2.05) is 48.2 Å². The van der Waals surface area contributed by atoms with Crippen LogP contribution in [0.25, 0.3) is 0 Å². The molecule has 7 nitrogen and oxygen atoms in total. The van der Waals surface area contributed by atoms with Crippen LogP contribution in [-0.2, 0) is 17.8 Å². The van der Waals surface area contributed by atoms with E-state index in [9.17, 15) is 9.59 Å². The Morgan fingerprint density at radius 3 is 2.15 bits per heavy atom. The first-order chi connectivity index (χ1) is 16.5. The zero-order valence-corrected chi connectivity index (χ0v) is 20.5. The highest BCUT2D eigenvalue weighted by Crippen LogP contribution is 2.38. The third kappa shape index (κ3) is 4.75. The molecule has 3 amide bonds. The van der Waals surface area contributed by atoms with E-state index in [2.05, 4.69) is 17.0 Å². The number of carbonyl (C=O) groups is 2. The minimum atomic E-state index is -0.707. The van der Waals surface area contributed by atoms with E-state index in [4.69, 9.17) is 9.47 Å². The first-order valence-electron chi connectivity index (χ1n) is 12.1. The first kappa shape index (κ1) is 24.1. The van der Waals surface area contributed by atoms with Crippen LogP contribution in [0.2, 0.25) is 0 Å². The Balaban J connectivity index is 1.40.